The first-order valence-corrected chi connectivity index (χ1v) is 10.4. The number of benzene rings is 2. The van der Waals surface area contributed by atoms with Crippen LogP contribution >= 0.6 is 11.3 Å². The first-order valence-electron chi connectivity index (χ1n) is 9.49. The summed E-state index contributed by atoms with van der Waals surface area (Å²) in [7, 11) is 1.62. The molecule has 156 valence electrons. The number of fused-ring (bicyclic) bond motifs is 1. The molecule has 1 amide bonds. The van der Waals surface area contributed by atoms with Gasteiger partial charge in [-0.05, 0) is 36.4 Å². The molecule has 5 rings (SSSR count). The van der Waals surface area contributed by atoms with Gasteiger partial charge in [-0.3, -0.25) is 10.2 Å². The van der Waals surface area contributed by atoms with Crippen molar-refractivity contribution in [2.45, 2.75) is 0 Å². The van der Waals surface area contributed by atoms with Gasteiger partial charge in [0.25, 0.3) is 5.91 Å². The Morgan fingerprint density at radius 3 is 2.84 bits per heavy atom. The highest BCUT2D eigenvalue weighted by Gasteiger charge is 2.32. The van der Waals surface area contributed by atoms with Gasteiger partial charge >= 0.3 is 0 Å². The number of aromatic nitrogens is 1. The van der Waals surface area contributed by atoms with Crippen LogP contribution in [0.3, 0.4) is 0 Å². The fourth-order valence-corrected chi connectivity index (χ4v) is 4.43. The molecule has 8 nitrogen and oxygen atoms in total. The Hall–Kier alpha value is -3.85. The smallest absolute Gasteiger partial charge is 0.262 e. The average Bonchev–Trinajstić information content (AvgIpc) is 3.37. The minimum absolute atomic E-state index is 0.0457. The number of anilines is 2. The summed E-state index contributed by atoms with van der Waals surface area (Å²) in [4.78, 5) is 17.8. The second kappa shape index (κ2) is 7.44. The molecule has 3 N–H and O–H groups in total. The minimum Gasteiger partial charge on any atom is -0.510 e. The van der Waals surface area contributed by atoms with Crippen LogP contribution in [0.5, 0.6) is 11.5 Å². The molecule has 3 heterocycles. The lowest BCUT2D eigenvalue weighted by Crippen LogP contribution is -2.28. The van der Waals surface area contributed by atoms with Crippen molar-refractivity contribution in [2.24, 2.45) is 0 Å². The highest BCUT2D eigenvalue weighted by Crippen LogP contribution is 2.37. The van der Waals surface area contributed by atoms with Crippen molar-refractivity contribution >= 4 is 40.0 Å². The molecule has 0 aliphatic carbocycles. The molecule has 0 saturated carbocycles. The zero-order valence-corrected chi connectivity index (χ0v) is 17.3. The molecule has 0 atom stereocenters. The summed E-state index contributed by atoms with van der Waals surface area (Å²) >= 11 is 1.38. The van der Waals surface area contributed by atoms with Crippen molar-refractivity contribution in [1.29, 1.82) is 5.41 Å². The summed E-state index contributed by atoms with van der Waals surface area (Å²) in [5.74, 6) is 1.35. The molecular weight excluding hydrogens is 416 g/mol. The Morgan fingerprint density at radius 2 is 2.06 bits per heavy atom. The van der Waals surface area contributed by atoms with Gasteiger partial charge in [0.05, 0.1) is 30.6 Å². The third kappa shape index (κ3) is 3.38. The van der Waals surface area contributed by atoms with E-state index in [0.29, 0.717) is 27.7 Å². The molecule has 31 heavy (non-hydrogen) atoms. The van der Waals surface area contributed by atoms with Crippen molar-refractivity contribution in [1.82, 2.24) is 4.98 Å². The number of nitrogens with one attached hydrogen (secondary N) is 2. The molecule has 2 aliphatic heterocycles. The van der Waals surface area contributed by atoms with Gasteiger partial charge in [0.1, 0.15) is 28.1 Å². The van der Waals surface area contributed by atoms with E-state index in [1.54, 1.807) is 30.2 Å². The van der Waals surface area contributed by atoms with Gasteiger partial charge in [-0.2, -0.15) is 0 Å². The van der Waals surface area contributed by atoms with Crippen LogP contribution in [-0.4, -0.2) is 42.1 Å². The van der Waals surface area contributed by atoms with E-state index in [4.69, 9.17) is 14.9 Å². The van der Waals surface area contributed by atoms with E-state index >= 15 is 0 Å². The maximum atomic E-state index is 11.5. The minimum atomic E-state index is -0.202. The fraction of sp³-hybridized carbons (Fsp3) is 0.136. The molecule has 0 spiro atoms. The number of thiazole rings is 1. The van der Waals surface area contributed by atoms with E-state index in [9.17, 15) is 9.90 Å². The Bertz CT molecular complexity index is 1230. The van der Waals surface area contributed by atoms with E-state index in [2.05, 4.69) is 10.3 Å². The van der Waals surface area contributed by atoms with Crippen molar-refractivity contribution in [3.63, 3.8) is 0 Å². The van der Waals surface area contributed by atoms with Gasteiger partial charge in [0.15, 0.2) is 6.61 Å². The fourth-order valence-electron chi connectivity index (χ4n) is 3.54. The summed E-state index contributed by atoms with van der Waals surface area (Å²) in [6.45, 7) is 0.118. The van der Waals surface area contributed by atoms with Gasteiger partial charge in [-0.1, -0.05) is 0 Å². The van der Waals surface area contributed by atoms with Gasteiger partial charge in [-0.15, -0.1) is 11.3 Å². The van der Waals surface area contributed by atoms with Crippen LogP contribution in [0.2, 0.25) is 0 Å². The molecule has 0 unspecified atom stereocenters. The highest BCUT2D eigenvalue weighted by molar-refractivity contribution is 7.11. The highest BCUT2D eigenvalue weighted by atomic mass is 32.1. The molecule has 9 heteroatoms. The van der Waals surface area contributed by atoms with Crippen molar-refractivity contribution in [2.75, 3.05) is 30.5 Å². The Labute approximate surface area is 181 Å². The number of aliphatic hydroxyl groups is 1. The summed E-state index contributed by atoms with van der Waals surface area (Å²) < 4.78 is 10.7. The number of rotatable bonds is 4. The Kier molecular flexibility index (Phi) is 4.59. The lowest BCUT2D eigenvalue weighted by atomic mass is 10.1. The molecule has 1 aromatic heterocycles. The molecule has 0 fully saturated rings. The molecular formula is C22H18N4O4S. The van der Waals surface area contributed by atoms with E-state index in [1.807, 2.05) is 29.6 Å². The van der Waals surface area contributed by atoms with E-state index < -0.39 is 0 Å². The van der Waals surface area contributed by atoms with E-state index in [1.165, 1.54) is 11.3 Å². The first kappa shape index (κ1) is 19.1. The normalized spacial score (nSPS) is 15.6. The van der Waals surface area contributed by atoms with Crippen LogP contribution in [-0.2, 0) is 4.79 Å². The number of methoxy groups -OCH3 is 1. The van der Waals surface area contributed by atoms with Gasteiger partial charge in [0, 0.05) is 22.7 Å². The van der Waals surface area contributed by atoms with Gasteiger partial charge in [0.2, 0.25) is 0 Å². The monoisotopic (exact) mass is 434 g/mol. The van der Waals surface area contributed by atoms with E-state index in [0.717, 1.165) is 17.0 Å². The average molecular weight is 434 g/mol. The molecule has 0 radical (unpaired) electrons. The number of amides is 1. The van der Waals surface area contributed by atoms with E-state index in [-0.39, 0.29) is 30.7 Å². The van der Waals surface area contributed by atoms with Crippen LogP contribution in [0, 0.1) is 5.41 Å². The molecule has 2 aromatic carbocycles. The van der Waals surface area contributed by atoms with Crippen molar-refractivity contribution in [3.05, 3.63) is 58.6 Å². The Balaban J connectivity index is 1.40. The van der Waals surface area contributed by atoms with Crippen molar-refractivity contribution < 1.29 is 19.4 Å². The largest absolute Gasteiger partial charge is 0.510 e. The molecule has 0 bridgehead atoms. The predicted octanol–water partition coefficient (Wildman–Crippen LogP) is 3.92. The number of nitrogens with zero attached hydrogens (tertiary/aromatic N) is 2. The number of amidine groups is 1. The van der Waals surface area contributed by atoms with Crippen LogP contribution < -0.4 is 19.7 Å². The standard InChI is InChI=1S/C22H18N4O4S/c1-29-14-5-2-12(3-6-14)16-11-31-22(25-16)20-17(27)9-26(21(20)23)13-4-7-15-18(8-13)30-10-19(28)24-15/h2-8,11,23,27H,9-10H2,1H3,(H,24,28). The quantitative estimate of drug-likeness (QED) is 0.575. The summed E-state index contributed by atoms with van der Waals surface area (Å²) in [6, 6.07) is 12.8. The van der Waals surface area contributed by atoms with Crippen molar-refractivity contribution in [3.8, 4) is 22.8 Å². The lowest BCUT2D eigenvalue weighted by molar-refractivity contribution is -0.118. The number of carbonyl (C=O) groups excluding carboxylic acids is 1. The number of carbonyl (C=O) groups is 1. The SMILES string of the molecule is COc1ccc(-c2csc(C3=C(O)CN(c4ccc5c(c4)OCC(=O)N5)C3=N)n2)cc1. The molecule has 0 saturated heterocycles. The summed E-state index contributed by atoms with van der Waals surface area (Å²) in [6.07, 6.45) is 0. The second-order valence-corrected chi connectivity index (χ2v) is 7.90. The first-order chi connectivity index (χ1) is 15.0. The van der Waals surface area contributed by atoms with Gasteiger partial charge < -0.3 is 24.8 Å². The van der Waals surface area contributed by atoms with Crippen LogP contribution in [0.1, 0.15) is 5.01 Å². The summed E-state index contributed by atoms with van der Waals surface area (Å²) in [5, 5.41) is 24.5. The Morgan fingerprint density at radius 1 is 1.26 bits per heavy atom. The third-order valence-electron chi connectivity index (χ3n) is 5.12. The zero-order valence-electron chi connectivity index (χ0n) is 16.5. The topological polar surface area (TPSA) is 108 Å². The van der Waals surface area contributed by atoms with Crippen LogP contribution in [0.4, 0.5) is 11.4 Å². The number of ether oxygens (including phenoxy) is 2. The number of hydrogen-bond acceptors (Lipinski definition) is 7. The zero-order chi connectivity index (χ0) is 21.5. The maximum absolute atomic E-state index is 11.5. The predicted molar refractivity (Wildman–Crippen MR) is 119 cm³/mol. The second-order valence-electron chi connectivity index (χ2n) is 7.04. The molecule has 3 aromatic rings. The van der Waals surface area contributed by atoms with Gasteiger partial charge in [-0.25, -0.2) is 4.98 Å². The van der Waals surface area contributed by atoms with Crippen LogP contribution in [0.25, 0.3) is 16.8 Å². The number of aliphatic hydroxyl groups excluding tert-OH is 1. The molecule has 2 aliphatic rings. The lowest BCUT2D eigenvalue weighted by Gasteiger charge is -2.23. The summed E-state index contributed by atoms with van der Waals surface area (Å²) in [5.41, 5.74) is 3.39. The third-order valence-corrected chi connectivity index (χ3v) is 5.98. The maximum Gasteiger partial charge on any atom is 0.262 e. The van der Waals surface area contributed by atoms with Crippen LogP contribution in [0.15, 0.2) is 53.6 Å². The number of hydrogen-bond donors (Lipinski definition) is 3.